The van der Waals surface area contributed by atoms with E-state index in [2.05, 4.69) is 10.6 Å². The van der Waals surface area contributed by atoms with E-state index in [0.29, 0.717) is 22.0 Å². The number of benzene rings is 2. The van der Waals surface area contributed by atoms with Crippen LogP contribution in [0.25, 0.3) is 11.1 Å². The molecule has 0 saturated heterocycles. The molecule has 7 nitrogen and oxygen atoms in total. The molecule has 0 bridgehead atoms. The number of ether oxygens (including phenoxy) is 2. The number of hydrogen-bond donors (Lipinski definition) is 2. The molecule has 0 saturated carbocycles. The molecule has 2 aromatic carbocycles. The molecule has 2 N–H and O–H groups in total. The third kappa shape index (κ3) is 6.30. The molecule has 1 heterocycles. The summed E-state index contributed by atoms with van der Waals surface area (Å²) in [5.41, 5.74) is 2.90. The Labute approximate surface area is 196 Å². The van der Waals surface area contributed by atoms with Crippen LogP contribution in [0.2, 0.25) is 0 Å². The number of esters is 1. The van der Waals surface area contributed by atoms with Crippen molar-refractivity contribution >= 4 is 39.8 Å². The zero-order valence-corrected chi connectivity index (χ0v) is 19.3. The number of carbonyl (C=O) groups excluding carboxylic acids is 3. The highest BCUT2D eigenvalue weighted by molar-refractivity contribution is 7.15. The quantitative estimate of drug-likeness (QED) is 0.356. The molecular weight excluding hydrogens is 440 g/mol. The van der Waals surface area contributed by atoms with Crippen LogP contribution < -0.4 is 15.4 Å². The van der Waals surface area contributed by atoms with Crippen LogP contribution in [-0.2, 0) is 14.3 Å². The maximum atomic E-state index is 13.0. The van der Waals surface area contributed by atoms with Crippen LogP contribution in [-0.4, -0.2) is 31.5 Å². The van der Waals surface area contributed by atoms with E-state index in [1.54, 1.807) is 43.5 Å². The van der Waals surface area contributed by atoms with E-state index in [0.717, 1.165) is 11.1 Å². The van der Waals surface area contributed by atoms with Crippen LogP contribution in [0.4, 0.5) is 10.7 Å². The molecule has 0 radical (unpaired) electrons. The summed E-state index contributed by atoms with van der Waals surface area (Å²) >= 11 is 1.22. The Morgan fingerprint density at radius 3 is 2.36 bits per heavy atom. The molecule has 8 heteroatoms. The van der Waals surface area contributed by atoms with Crippen molar-refractivity contribution in [2.24, 2.45) is 0 Å². The fourth-order valence-electron chi connectivity index (χ4n) is 3.03. The largest absolute Gasteiger partial charge is 0.495 e. The first-order chi connectivity index (χ1) is 15.9. The van der Waals surface area contributed by atoms with Crippen LogP contribution in [0.5, 0.6) is 5.75 Å². The maximum Gasteiger partial charge on any atom is 0.342 e. The lowest BCUT2D eigenvalue weighted by atomic mass is 10.0. The van der Waals surface area contributed by atoms with E-state index in [4.69, 9.17) is 9.47 Å². The van der Waals surface area contributed by atoms with Crippen molar-refractivity contribution in [1.29, 1.82) is 0 Å². The summed E-state index contributed by atoms with van der Waals surface area (Å²) in [5.74, 6) is -1.08. The highest BCUT2D eigenvalue weighted by Crippen LogP contribution is 2.36. The predicted molar refractivity (Wildman–Crippen MR) is 130 cm³/mol. The van der Waals surface area contributed by atoms with E-state index in [1.165, 1.54) is 24.5 Å². The Kier molecular flexibility index (Phi) is 7.99. The van der Waals surface area contributed by atoms with Gasteiger partial charge in [-0.3, -0.25) is 9.59 Å². The standard InChI is InChI=1S/C25H24N2O5S/c1-16(2)13-21(28)27-24-23(18(15-33-24)17-9-5-4-6-10-17)25(30)32-14-22(29)26-19-11-7-8-12-20(19)31-3/h4-13,15H,14H2,1-3H3,(H,26,29)(H,27,28). The molecule has 2 amide bonds. The van der Waals surface area contributed by atoms with E-state index in [-0.39, 0.29) is 11.5 Å². The SMILES string of the molecule is COc1ccccc1NC(=O)COC(=O)c1c(-c2ccccc2)csc1NC(=O)C=C(C)C. The fraction of sp³-hybridized carbons (Fsp3) is 0.160. The molecule has 0 aliphatic carbocycles. The third-order valence-corrected chi connectivity index (χ3v) is 5.35. The van der Waals surface area contributed by atoms with E-state index in [9.17, 15) is 14.4 Å². The molecule has 33 heavy (non-hydrogen) atoms. The lowest BCUT2D eigenvalue weighted by Crippen LogP contribution is -2.22. The van der Waals surface area contributed by atoms with Gasteiger partial charge in [0.25, 0.3) is 5.91 Å². The van der Waals surface area contributed by atoms with Crippen molar-refractivity contribution in [3.05, 3.63) is 77.2 Å². The van der Waals surface area contributed by atoms with Gasteiger partial charge in [-0.1, -0.05) is 48.0 Å². The highest BCUT2D eigenvalue weighted by atomic mass is 32.1. The average Bonchev–Trinajstić information content (AvgIpc) is 3.21. The Bertz CT molecular complexity index is 1180. The molecule has 1 aromatic heterocycles. The van der Waals surface area contributed by atoms with Gasteiger partial charge in [0.2, 0.25) is 5.91 Å². The summed E-state index contributed by atoms with van der Waals surface area (Å²) in [6.45, 7) is 3.11. The van der Waals surface area contributed by atoms with E-state index < -0.39 is 18.5 Å². The zero-order valence-electron chi connectivity index (χ0n) is 18.5. The van der Waals surface area contributed by atoms with E-state index in [1.807, 2.05) is 30.3 Å². The second kappa shape index (κ2) is 11.1. The Morgan fingerprint density at radius 1 is 0.970 bits per heavy atom. The summed E-state index contributed by atoms with van der Waals surface area (Å²) in [5, 5.41) is 7.53. The first-order valence-electron chi connectivity index (χ1n) is 10.1. The number of methoxy groups -OCH3 is 1. The number of para-hydroxylation sites is 2. The zero-order chi connectivity index (χ0) is 23.8. The van der Waals surface area contributed by atoms with Gasteiger partial charge in [0.1, 0.15) is 16.3 Å². The number of thiophene rings is 1. The molecule has 0 spiro atoms. The van der Waals surface area contributed by atoms with Crippen molar-refractivity contribution in [2.45, 2.75) is 13.8 Å². The number of rotatable bonds is 8. The van der Waals surface area contributed by atoms with E-state index >= 15 is 0 Å². The number of anilines is 2. The first-order valence-corrected chi connectivity index (χ1v) is 11.0. The molecule has 0 atom stereocenters. The second-order valence-electron chi connectivity index (χ2n) is 7.26. The smallest absolute Gasteiger partial charge is 0.342 e. The molecule has 0 unspecified atom stereocenters. The summed E-state index contributed by atoms with van der Waals surface area (Å²) in [4.78, 5) is 37.7. The molecular formula is C25H24N2O5S. The number of hydrogen-bond acceptors (Lipinski definition) is 6. The molecule has 0 aliphatic heterocycles. The van der Waals surface area contributed by atoms with Crippen molar-refractivity contribution < 1.29 is 23.9 Å². The molecule has 3 rings (SSSR count). The number of carbonyl (C=O) groups is 3. The lowest BCUT2D eigenvalue weighted by molar-refractivity contribution is -0.119. The van der Waals surface area contributed by atoms with Gasteiger partial charge >= 0.3 is 5.97 Å². The Hall–Kier alpha value is -3.91. The minimum Gasteiger partial charge on any atom is -0.495 e. The van der Waals surface area contributed by atoms with Gasteiger partial charge in [0, 0.05) is 17.0 Å². The topological polar surface area (TPSA) is 93.7 Å². The first kappa shape index (κ1) is 23.7. The van der Waals surface area contributed by atoms with Crippen molar-refractivity contribution in [3.8, 4) is 16.9 Å². The summed E-state index contributed by atoms with van der Waals surface area (Å²) in [6, 6.07) is 16.2. The van der Waals surface area contributed by atoms with Crippen LogP contribution >= 0.6 is 11.3 Å². The molecule has 3 aromatic rings. The van der Waals surface area contributed by atoms with Gasteiger partial charge in [-0.15, -0.1) is 11.3 Å². The van der Waals surface area contributed by atoms with Gasteiger partial charge in [0.05, 0.1) is 12.8 Å². The highest BCUT2D eigenvalue weighted by Gasteiger charge is 2.23. The fourth-order valence-corrected chi connectivity index (χ4v) is 3.99. The molecule has 0 fully saturated rings. The average molecular weight is 465 g/mol. The van der Waals surface area contributed by atoms with Gasteiger partial charge in [-0.2, -0.15) is 0 Å². The van der Waals surface area contributed by atoms with Gasteiger partial charge in [-0.05, 0) is 31.5 Å². The van der Waals surface area contributed by atoms with Crippen molar-refractivity contribution in [1.82, 2.24) is 0 Å². The van der Waals surface area contributed by atoms with Crippen molar-refractivity contribution in [2.75, 3.05) is 24.4 Å². The Balaban J connectivity index is 1.80. The van der Waals surface area contributed by atoms with Crippen LogP contribution in [0.1, 0.15) is 24.2 Å². The second-order valence-corrected chi connectivity index (χ2v) is 8.13. The van der Waals surface area contributed by atoms with Crippen LogP contribution in [0.15, 0.2) is 71.6 Å². The normalized spacial score (nSPS) is 10.2. The summed E-state index contributed by atoms with van der Waals surface area (Å²) < 4.78 is 10.5. The summed E-state index contributed by atoms with van der Waals surface area (Å²) in [6.07, 6.45) is 1.44. The molecule has 0 aliphatic rings. The number of allylic oxidation sites excluding steroid dienone is 1. The lowest BCUT2D eigenvalue weighted by Gasteiger charge is -2.11. The minimum absolute atomic E-state index is 0.201. The monoisotopic (exact) mass is 464 g/mol. The maximum absolute atomic E-state index is 13.0. The van der Waals surface area contributed by atoms with Crippen LogP contribution in [0.3, 0.4) is 0 Å². The number of nitrogens with one attached hydrogen (secondary N) is 2. The molecule has 170 valence electrons. The van der Waals surface area contributed by atoms with Gasteiger partial charge in [0.15, 0.2) is 6.61 Å². The van der Waals surface area contributed by atoms with Crippen molar-refractivity contribution in [3.63, 3.8) is 0 Å². The Morgan fingerprint density at radius 2 is 1.67 bits per heavy atom. The van der Waals surface area contributed by atoms with Crippen LogP contribution in [0, 0.1) is 0 Å². The predicted octanol–water partition coefficient (Wildman–Crippen LogP) is 5.12. The minimum atomic E-state index is -0.710. The third-order valence-electron chi connectivity index (χ3n) is 4.45. The van der Waals surface area contributed by atoms with Gasteiger partial charge in [-0.25, -0.2) is 4.79 Å². The number of amides is 2. The van der Waals surface area contributed by atoms with Gasteiger partial charge < -0.3 is 20.1 Å². The summed E-state index contributed by atoms with van der Waals surface area (Å²) in [7, 11) is 1.50.